The number of hydrogen-bond donors (Lipinski definition) is 2. The Morgan fingerprint density at radius 3 is 2.78 bits per heavy atom. The van der Waals surface area contributed by atoms with Crippen LogP contribution in [0.25, 0.3) is 0 Å². The molecule has 0 bridgehead atoms. The predicted molar refractivity (Wildman–Crippen MR) is 95.0 cm³/mol. The summed E-state index contributed by atoms with van der Waals surface area (Å²) in [4.78, 5) is 0. The Bertz CT molecular complexity index is 540. The molecule has 1 heterocycles. The van der Waals surface area contributed by atoms with Crippen molar-refractivity contribution in [2.24, 2.45) is 40.2 Å². The lowest BCUT2D eigenvalue weighted by molar-refractivity contribution is -0.0373. The third-order valence-electron chi connectivity index (χ3n) is 9.28. The number of rotatable bonds is 0. The molecule has 3 N–H and O–H groups in total. The Balaban J connectivity index is 1.49. The molecule has 3 saturated carbocycles. The molecule has 0 amide bonds. The maximum absolute atomic E-state index is 6.29. The van der Waals surface area contributed by atoms with Crippen molar-refractivity contribution in [1.29, 1.82) is 0 Å². The normalized spacial score (nSPS) is 58.0. The standard InChI is InChI=1S/C21H34N2/c1-13-17-5-6-19-16-4-3-14-11-15(22)7-9-20(14,2)18(16)8-10-21(17,19)12-23-13/h3,13,15-19,23H,4-12,22H2,1-2H3. The zero-order chi connectivity index (χ0) is 15.8. The van der Waals surface area contributed by atoms with Crippen LogP contribution in [-0.4, -0.2) is 18.6 Å². The highest BCUT2D eigenvalue weighted by atomic mass is 15.0. The van der Waals surface area contributed by atoms with Gasteiger partial charge in [-0.2, -0.15) is 0 Å². The fraction of sp³-hybridized carbons (Fsp3) is 0.905. The summed E-state index contributed by atoms with van der Waals surface area (Å²) >= 11 is 0. The molecule has 1 spiro atoms. The Kier molecular flexibility index (Phi) is 3.15. The first kappa shape index (κ1) is 15.0. The highest BCUT2D eigenvalue weighted by Crippen LogP contribution is 2.67. The summed E-state index contributed by atoms with van der Waals surface area (Å²) in [5, 5.41) is 3.85. The van der Waals surface area contributed by atoms with Gasteiger partial charge in [0.15, 0.2) is 0 Å². The van der Waals surface area contributed by atoms with E-state index in [9.17, 15) is 0 Å². The molecule has 1 saturated heterocycles. The SMILES string of the molecule is CC1NCC23CCC4C(CC=C5CC(N)CCC54C)C2CCC13. The van der Waals surface area contributed by atoms with Crippen LogP contribution >= 0.6 is 0 Å². The van der Waals surface area contributed by atoms with Crippen LogP contribution in [0.15, 0.2) is 11.6 Å². The minimum Gasteiger partial charge on any atom is -0.327 e. The van der Waals surface area contributed by atoms with Gasteiger partial charge in [0.05, 0.1) is 0 Å². The summed E-state index contributed by atoms with van der Waals surface area (Å²) in [5.41, 5.74) is 9.17. The summed E-state index contributed by atoms with van der Waals surface area (Å²) in [6.07, 6.45) is 13.7. The topological polar surface area (TPSA) is 38.0 Å². The molecule has 0 aromatic rings. The van der Waals surface area contributed by atoms with Crippen molar-refractivity contribution >= 4 is 0 Å². The molecule has 5 rings (SSSR count). The number of allylic oxidation sites excluding steroid dienone is 1. The van der Waals surface area contributed by atoms with Gasteiger partial charge in [-0.05, 0) is 92.8 Å². The van der Waals surface area contributed by atoms with Crippen molar-refractivity contribution in [3.05, 3.63) is 11.6 Å². The van der Waals surface area contributed by atoms with E-state index >= 15 is 0 Å². The van der Waals surface area contributed by atoms with Gasteiger partial charge in [0, 0.05) is 18.6 Å². The molecule has 128 valence electrons. The molecule has 23 heavy (non-hydrogen) atoms. The van der Waals surface area contributed by atoms with Crippen LogP contribution in [0, 0.1) is 34.5 Å². The molecule has 5 aliphatic rings. The third-order valence-corrected chi connectivity index (χ3v) is 9.28. The molecule has 2 nitrogen and oxygen atoms in total. The number of nitrogens with two attached hydrogens (primary N) is 1. The number of hydrogen-bond acceptors (Lipinski definition) is 2. The highest BCUT2D eigenvalue weighted by Gasteiger charge is 2.62. The third kappa shape index (κ3) is 1.83. The molecular formula is C21H34N2. The minimum absolute atomic E-state index is 0.427. The molecule has 0 radical (unpaired) electrons. The van der Waals surface area contributed by atoms with Gasteiger partial charge < -0.3 is 11.1 Å². The van der Waals surface area contributed by atoms with Gasteiger partial charge in [-0.1, -0.05) is 18.6 Å². The van der Waals surface area contributed by atoms with E-state index in [0.29, 0.717) is 16.9 Å². The van der Waals surface area contributed by atoms with Gasteiger partial charge in [-0.3, -0.25) is 0 Å². The van der Waals surface area contributed by atoms with Crippen LogP contribution in [0.1, 0.15) is 65.2 Å². The molecule has 8 unspecified atom stereocenters. The van der Waals surface area contributed by atoms with E-state index in [2.05, 4.69) is 25.2 Å². The first-order chi connectivity index (χ1) is 11.0. The Morgan fingerprint density at radius 2 is 1.91 bits per heavy atom. The van der Waals surface area contributed by atoms with E-state index in [1.807, 2.05) is 0 Å². The predicted octanol–water partition coefficient (Wildman–Crippen LogP) is 3.86. The second-order valence-electron chi connectivity index (χ2n) is 9.89. The van der Waals surface area contributed by atoms with Gasteiger partial charge in [0.1, 0.15) is 0 Å². The quantitative estimate of drug-likeness (QED) is 0.666. The van der Waals surface area contributed by atoms with Crippen molar-refractivity contribution in [3.63, 3.8) is 0 Å². The van der Waals surface area contributed by atoms with Crippen LogP contribution in [-0.2, 0) is 0 Å². The first-order valence-electron chi connectivity index (χ1n) is 10.2. The van der Waals surface area contributed by atoms with E-state index in [4.69, 9.17) is 5.73 Å². The van der Waals surface area contributed by atoms with E-state index in [0.717, 1.165) is 29.7 Å². The monoisotopic (exact) mass is 314 g/mol. The second kappa shape index (κ2) is 4.85. The van der Waals surface area contributed by atoms with Crippen LogP contribution in [0.4, 0.5) is 0 Å². The lowest BCUT2D eigenvalue weighted by Crippen LogP contribution is -2.52. The van der Waals surface area contributed by atoms with Gasteiger partial charge in [0.25, 0.3) is 0 Å². The lowest BCUT2D eigenvalue weighted by Gasteiger charge is -2.58. The van der Waals surface area contributed by atoms with Crippen molar-refractivity contribution < 1.29 is 0 Å². The maximum Gasteiger partial charge on any atom is 0.00766 e. The first-order valence-corrected chi connectivity index (χ1v) is 10.2. The van der Waals surface area contributed by atoms with E-state index in [1.165, 1.54) is 57.9 Å². The Morgan fingerprint density at radius 1 is 1.09 bits per heavy atom. The summed E-state index contributed by atoms with van der Waals surface area (Å²) in [6.45, 7) is 6.35. The summed E-state index contributed by atoms with van der Waals surface area (Å²) < 4.78 is 0. The second-order valence-corrected chi connectivity index (χ2v) is 9.89. The summed E-state index contributed by atoms with van der Waals surface area (Å²) in [5.74, 6) is 3.87. The van der Waals surface area contributed by atoms with Crippen LogP contribution in [0.5, 0.6) is 0 Å². The Labute approximate surface area is 141 Å². The molecule has 0 aromatic heterocycles. The lowest BCUT2D eigenvalue weighted by atomic mass is 9.47. The van der Waals surface area contributed by atoms with E-state index in [-0.39, 0.29) is 0 Å². The molecule has 8 atom stereocenters. The van der Waals surface area contributed by atoms with Crippen LogP contribution in [0.3, 0.4) is 0 Å². The molecular weight excluding hydrogens is 280 g/mol. The fourth-order valence-corrected chi connectivity index (χ4v) is 8.13. The molecule has 4 fully saturated rings. The molecule has 2 heteroatoms. The zero-order valence-corrected chi connectivity index (χ0v) is 15.0. The smallest absolute Gasteiger partial charge is 0.00766 e. The average molecular weight is 315 g/mol. The van der Waals surface area contributed by atoms with Crippen molar-refractivity contribution in [2.45, 2.75) is 77.3 Å². The minimum atomic E-state index is 0.427. The van der Waals surface area contributed by atoms with Gasteiger partial charge in [0.2, 0.25) is 0 Å². The molecule has 0 aromatic carbocycles. The van der Waals surface area contributed by atoms with Crippen LogP contribution in [0.2, 0.25) is 0 Å². The van der Waals surface area contributed by atoms with Gasteiger partial charge in [-0.25, -0.2) is 0 Å². The van der Waals surface area contributed by atoms with Crippen LogP contribution < -0.4 is 11.1 Å². The van der Waals surface area contributed by atoms with Gasteiger partial charge in [-0.15, -0.1) is 0 Å². The number of fused-ring (bicyclic) bond motifs is 4. The molecule has 1 aliphatic heterocycles. The summed E-state index contributed by atoms with van der Waals surface area (Å²) in [6, 6.07) is 1.19. The number of nitrogens with one attached hydrogen (secondary N) is 1. The van der Waals surface area contributed by atoms with Crippen molar-refractivity contribution in [3.8, 4) is 0 Å². The summed E-state index contributed by atoms with van der Waals surface area (Å²) in [7, 11) is 0. The van der Waals surface area contributed by atoms with E-state index < -0.39 is 0 Å². The average Bonchev–Trinajstić information content (AvgIpc) is 3.06. The van der Waals surface area contributed by atoms with Crippen molar-refractivity contribution in [1.82, 2.24) is 5.32 Å². The largest absolute Gasteiger partial charge is 0.327 e. The zero-order valence-electron chi connectivity index (χ0n) is 15.0. The molecule has 4 aliphatic carbocycles. The highest BCUT2D eigenvalue weighted by molar-refractivity contribution is 5.26. The fourth-order valence-electron chi connectivity index (χ4n) is 8.13. The van der Waals surface area contributed by atoms with Crippen molar-refractivity contribution in [2.75, 3.05) is 6.54 Å². The maximum atomic E-state index is 6.29. The Hall–Kier alpha value is -0.340. The van der Waals surface area contributed by atoms with E-state index in [1.54, 1.807) is 5.57 Å². The van der Waals surface area contributed by atoms with Gasteiger partial charge >= 0.3 is 0 Å².